The molecule has 0 radical (unpaired) electrons. The second-order valence-electron chi connectivity index (χ2n) is 4.92. The van der Waals surface area contributed by atoms with Gasteiger partial charge in [-0.25, -0.2) is 9.79 Å². The van der Waals surface area contributed by atoms with Crippen molar-refractivity contribution in [1.82, 2.24) is 0 Å². The van der Waals surface area contributed by atoms with Crippen LogP contribution in [0.25, 0.3) is 0 Å². The summed E-state index contributed by atoms with van der Waals surface area (Å²) in [6.45, 7) is 5.96. The lowest BCUT2D eigenvalue weighted by Crippen LogP contribution is -2.32. The van der Waals surface area contributed by atoms with E-state index in [0.717, 1.165) is 12.8 Å². The Morgan fingerprint density at radius 1 is 1.40 bits per heavy atom. The molecule has 0 heterocycles. The third-order valence-corrected chi connectivity index (χ3v) is 3.19. The molecule has 0 aliphatic heterocycles. The molecule has 0 N–H and O–H groups in total. The maximum Gasteiger partial charge on any atom is 0.295 e. The van der Waals surface area contributed by atoms with E-state index in [2.05, 4.69) is 4.99 Å². The Hall–Kier alpha value is -0.933. The van der Waals surface area contributed by atoms with Crippen molar-refractivity contribution < 1.29 is 14.0 Å². The Labute approximate surface area is 90.9 Å². The molecule has 2 atom stereocenters. The molecule has 15 heavy (non-hydrogen) atoms. The van der Waals surface area contributed by atoms with Crippen LogP contribution in [0.4, 0.5) is 0 Å². The van der Waals surface area contributed by atoms with Crippen molar-refractivity contribution in [2.45, 2.75) is 44.9 Å². The number of carbonyl (C=O) groups is 1. The number of isocyanates is 1. The highest BCUT2D eigenvalue weighted by Gasteiger charge is 2.33. The van der Waals surface area contributed by atoms with Gasteiger partial charge in [0.1, 0.15) is 0 Å². The van der Waals surface area contributed by atoms with Crippen molar-refractivity contribution in [3.05, 3.63) is 0 Å². The molecule has 1 aliphatic rings. The summed E-state index contributed by atoms with van der Waals surface area (Å²) >= 11 is 0. The molecular formula is C10H17NO3Si. The Morgan fingerprint density at radius 2 is 2.07 bits per heavy atom. The number of hydrogen-bond acceptors (Lipinski definition) is 4. The zero-order valence-corrected chi connectivity index (χ0v) is 10.4. The quantitative estimate of drug-likeness (QED) is 0.420. The second-order valence-corrected chi connectivity index (χ2v) is 9.35. The zero-order valence-electron chi connectivity index (χ0n) is 9.45. The van der Waals surface area contributed by atoms with E-state index < -0.39 is 8.32 Å². The maximum atomic E-state index is 11.7. The molecule has 1 aliphatic carbocycles. The summed E-state index contributed by atoms with van der Waals surface area (Å²) in [5.74, 6) is -0.184. The van der Waals surface area contributed by atoms with E-state index in [0.29, 0.717) is 6.42 Å². The van der Waals surface area contributed by atoms with Gasteiger partial charge in [-0.3, -0.25) is 4.79 Å². The van der Waals surface area contributed by atoms with Gasteiger partial charge in [0.05, 0.1) is 12.0 Å². The molecular weight excluding hydrogens is 210 g/mol. The van der Waals surface area contributed by atoms with Gasteiger partial charge in [-0.05, 0) is 38.9 Å². The number of hydrogen-bond donors (Lipinski definition) is 0. The monoisotopic (exact) mass is 227 g/mol. The highest BCUT2D eigenvalue weighted by atomic mass is 28.4. The first kappa shape index (κ1) is 12.1. The molecule has 1 rings (SSSR count). The number of carbonyl (C=O) groups excluding carboxylic acids is 2. The predicted octanol–water partition coefficient (Wildman–Crippen LogP) is 1.87. The lowest BCUT2D eigenvalue weighted by molar-refractivity contribution is -0.139. The van der Waals surface area contributed by atoms with Crippen molar-refractivity contribution in [3.8, 4) is 0 Å². The fourth-order valence-electron chi connectivity index (χ4n) is 1.75. The largest absolute Gasteiger partial charge is 0.520 e. The molecule has 2 unspecified atom stereocenters. The minimum absolute atomic E-state index is 0.0262. The van der Waals surface area contributed by atoms with Gasteiger partial charge in [-0.15, -0.1) is 0 Å². The summed E-state index contributed by atoms with van der Waals surface area (Å²) < 4.78 is 5.41. The summed E-state index contributed by atoms with van der Waals surface area (Å²) in [5.41, 5.74) is 0. The molecule has 0 aromatic carbocycles. The maximum absolute atomic E-state index is 11.7. The molecule has 0 saturated heterocycles. The van der Waals surface area contributed by atoms with Gasteiger partial charge in [-0.2, -0.15) is 0 Å². The van der Waals surface area contributed by atoms with Crippen molar-refractivity contribution in [2.75, 3.05) is 0 Å². The number of rotatable bonds is 3. The van der Waals surface area contributed by atoms with Gasteiger partial charge < -0.3 is 4.43 Å². The lowest BCUT2D eigenvalue weighted by Gasteiger charge is -2.20. The summed E-state index contributed by atoms with van der Waals surface area (Å²) in [6.07, 6.45) is 3.76. The fraction of sp³-hybridized carbons (Fsp3) is 0.800. The van der Waals surface area contributed by atoms with Crippen LogP contribution < -0.4 is 0 Å². The first-order valence-corrected chi connectivity index (χ1v) is 8.63. The topological polar surface area (TPSA) is 55.7 Å². The Kier molecular flexibility index (Phi) is 3.82. The Bertz CT molecular complexity index is 292. The van der Waals surface area contributed by atoms with Gasteiger partial charge in [0, 0.05) is 0 Å². The number of nitrogens with zero attached hydrogens (tertiary/aromatic N) is 1. The van der Waals surface area contributed by atoms with Crippen molar-refractivity contribution >= 4 is 20.4 Å². The van der Waals surface area contributed by atoms with E-state index >= 15 is 0 Å². The minimum Gasteiger partial charge on any atom is -0.520 e. The van der Waals surface area contributed by atoms with E-state index in [1.165, 1.54) is 0 Å². The van der Waals surface area contributed by atoms with Crippen LogP contribution in [0, 0.1) is 5.92 Å². The lowest BCUT2D eigenvalue weighted by atomic mass is 10.1. The predicted molar refractivity (Wildman–Crippen MR) is 58.7 cm³/mol. The van der Waals surface area contributed by atoms with Crippen molar-refractivity contribution in [3.63, 3.8) is 0 Å². The summed E-state index contributed by atoms with van der Waals surface area (Å²) in [5, 5.41) is 0. The van der Waals surface area contributed by atoms with Crippen LogP contribution in [0.2, 0.25) is 19.6 Å². The van der Waals surface area contributed by atoms with Crippen LogP contribution in [0.5, 0.6) is 0 Å². The van der Waals surface area contributed by atoms with Crippen LogP contribution in [-0.2, 0) is 14.0 Å². The minimum atomic E-state index is -1.79. The van der Waals surface area contributed by atoms with Gasteiger partial charge in [0.25, 0.3) is 5.97 Å². The molecule has 0 aromatic rings. The summed E-state index contributed by atoms with van der Waals surface area (Å²) in [7, 11) is -1.79. The first-order valence-electron chi connectivity index (χ1n) is 5.22. The highest BCUT2D eigenvalue weighted by Crippen LogP contribution is 2.29. The summed E-state index contributed by atoms with van der Waals surface area (Å²) in [4.78, 5) is 25.4. The molecule has 0 spiro atoms. The molecule has 0 bridgehead atoms. The summed E-state index contributed by atoms with van der Waals surface area (Å²) in [6, 6.07) is -0.0262. The fourth-order valence-corrected chi connectivity index (χ4v) is 2.52. The van der Waals surface area contributed by atoms with Crippen LogP contribution in [0.3, 0.4) is 0 Å². The molecule has 5 heteroatoms. The standard InChI is InChI=1S/C10H17NO3Si/c1-15(2,3)14-10(13)8-4-5-9(6-8)11-7-12/h8-9H,4-6H2,1-3H3. The zero-order chi connectivity index (χ0) is 11.5. The Morgan fingerprint density at radius 3 is 2.60 bits per heavy atom. The highest BCUT2D eigenvalue weighted by molar-refractivity contribution is 6.71. The number of aliphatic imine (C=N–C) groups is 1. The van der Waals surface area contributed by atoms with E-state index in [4.69, 9.17) is 4.43 Å². The molecule has 1 fully saturated rings. The van der Waals surface area contributed by atoms with Crippen LogP contribution in [0.1, 0.15) is 19.3 Å². The average molecular weight is 227 g/mol. The third-order valence-electron chi connectivity index (χ3n) is 2.38. The van der Waals surface area contributed by atoms with E-state index in [-0.39, 0.29) is 17.9 Å². The van der Waals surface area contributed by atoms with Gasteiger partial charge in [0.2, 0.25) is 14.4 Å². The average Bonchev–Trinajstić information content (AvgIpc) is 2.50. The Balaban J connectivity index is 2.47. The van der Waals surface area contributed by atoms with Crippen LogP contribution in [0.15, 0.2) is 4.99 Å². The molecule has 0 amide bonds. The van der Waals surface area contributed by atoms with Gasteiger partial charge in [-0.1, -0.05) is 0 Å². The molecule has 1 saturated carbocycles. The van der Waals surface area contributed by atoms with Crippen molar-refractivity contribution in [2.24, 2.45) is 10.9 Å². The SMILES string of the molecule is C[Si](C)(C)OC(=O)C1CCC(N=C=O)C1. The smallest absolute Gasteiger partial charge is 0.295 e. The second kappa shape index (κ2) is 4.73. The van der Waals surface area contributed by atoms with Crippen LogP contribution >= 0.6 is 0 Å². The normalized spacial score (nSPS) is 25.8. The van der Waals surface area contributed by atoms with Gasteiger partial charge >= 0.3 is 0 Å². The van der Waals surface area contributed by atoms with E-state index in [1.54, 1.807) is 6.08 Å². The van der Waals surface area contributed by atoms with E-state index in [9.17, 15) is 9.59 Å². The first-order chi connectivity index (χ1) is 6.92. The molecule has 0 aromatic heterocycles. The third kappa shape index (κ3) is 3.97. The van der Waals surface area contributed by atoms with Crippen LogP contribution in [-0.4, -0.2) is 26.4 Å². The van der Waals surface area contributed by atoms with E-state index in [1.807, 2.05) is 19.6 Å². The van der Waals surface area contributed by atoms with Crippen molar-refractivity contribution in [1.29, 1.82) is 0 Å². The molecule has 4 nitrogen and oxygen atoms in total. The van der Waals surface area contributed by atoms with Gasteiger partial charge in [0.15, 0.2) is 0 Å². The molecule has 84 valence electrons.